The third kappa shape index (κ3) is 2.85. The lowest BCUT2D eigenvalue weighted by molar-refractivity contribution is 0.373. The Morgan fingerprint density at radius 3 is 2.89 bits per heavy atom. The van der Waals surface area contributed by atoms with Crippen LogP contribution in [0.4, 0.5) is 0 Å². The molecule has 0 fully saturated rings. The summed E-state index contributed by atoms with van der Waals surface area (Å²) in [7, 11) is 1.48. The highest BCUT2D eigenvalue weighted by Crippen LogP contribution is 2.32. The van der Waals surface area contributed by atoms with Crippen molar-refractivity contribution < 1.29 is 9.84 Å². The lowest BCUT2D eigenvalue weighted by atomic mass is 10.2. The van der Waals surface area contributed by atoms with Crippen LogP contribution < -0.4 is 4.74 Å². The molecule has 8 heteroatoms. The summed E-state index contributed by atoms with van der Waals surface area (Å²) in [6, 6.07) is 3.39. The number of hydrogen-bond donors (Lipinski definition) is 2. The van der Waals surface area contributed by atoms with E-state index >= 15 is 0 Å². The first-order valence-electron chi connectivity index (χ1n) is 5.28. The number of methoxy groups -OCH3 is 1. The molecule has 0 bridgehead atoms. The maximum absolute atomic E-state index is 9.98. The normalized spacial score (nSPS) is 11.1. The van der Waals surface area contributed by atoms with Gasteiger partial charge in [-0.1, -0.05) is 15.9 Å². The van der Waals surface area contributed by atoms with Gasteiger partial charge in [0.2, 0.25) is 4.77 Å². The number of aromatic amines is 1. The molecule has 0 amide bonds. The number of phenols is 1. The molecule has 0 aliphatic rings. The summed E-state index contributed by atoms with van der Waals surface area (Å²) in [5.74, 6) is 1.01. The smallest absolute Gasteiger partial charge is 0.216 e. The van der Waals surface area contributed by atoms with Crippen molar-refractivity contribution in [1.29, 1.82) is 0 Å². The van der Waals surface area contributed by atoms with E-state index in [2.05, 4.69) is 31.2 Å². The molecule has 0 saturated heterocycles. The second kappa shape index (κ2) is 5.54. The van der Waals surface area contributed by atoms with E-state index in [1.54, 1.807) is 19.1 Å². The topological polar surface area (TPSA) is 75.4 Å². The van der Waals surface area contributed by atoms with E-state index in [-0.39, 0.29) is 5.75 Å². The maximum Gasteiger partial charge on any atom is 0.216 e. The Hall–Kier alpha value is -1.67. The lowest BCUT2D eigenvalue weighted by Crippen LogP contribution is -1.95. The van der Waals surface area contributed by atoms with Gasteiger partial charge in [0.1, 0.15) is 5.82 Å². The minimum Gasteiger partial charge on any atom is -0.504 e. The fourth-order valence-corrected chi connectivity index (χ4v) is 2.15. The molecule has 0 aliphatic carbocycles. The molecule has 100 valence electrons. The highest BCUT2D eigenvalue weighted by molar-refractivity contribution is 9.10. The number of halogens is 1. The Bertz CT molecular complexity index is 692. The molecule has 2 N–H and O–H groups in total. The van der Waals surface area contributed by atoms with Crippen molar-refractivity contribution in [2.45, 2.75) is 6.92 Å². The largest absolute Gasteiger partial charge is 0.504 e. The molecule has 1 aromatic heterocycles. The number of aromatic nitrogens is 3. The first kappa shape index (κ1) is 13.8. The van der Waals surface area contributed by atoms with Gasteiger partial charge in [0, 0.05) is 10.0 Å². The second-order valence-electron chi connectivity index (χ2n) is 3.68. The number of nitrogens with one attached hydrogen (secondary N) is 1. The van der Waals surface area contributed by atoms with Crippen molar-refractivity contribution in [3.8, 4) is 11.5 Å². The number of hydrogen-bond acceptors (Lipinski definition) is 5. The van der Waals surface area contributed by atoms with E-state index in [1.165, 1.54) is 18.0 Å². The summed E-state index contributed by atoms with van der Waals surface area (Å²) >= 11 is 8.37. The van der Waals surface area contributed by atoms with Crippen LogP contribution in [0.25, 0.3) is 0 Å². The highest BCUT2D eigenvalue weighted by atomic mass is 79.9. The second-order valence-corrected chi connectivity index (χ2v) is 4.98. The van der Waals surface area contributed by atoms with Crippen molar-refractivity contribution >= 4 is 34.4 Å². The molecule has 2 rings (SSSR count). The Morgan fingerprint density at radius 1 is 1.58 bits per heavy atom. The third-order valence-corrected chi connectivity index (χ3v) is 3.14. The monoisotopic (exact) mass is 342 g/mol. The molecule has 0 saturated carbocycles. The van der Waals surface area contributed by atoms with Gasteiger partial charge >= 0.3 is 0 Å². The van der Waals surface area contributed by atoms with E-state index in [9.17, 15) is 5.11 Å². The van der Waals surface area contributed by atoms with E-state index < -0.39 is 0 Å². The number of rotatable bonds is 3. The summed E-state index contributed by atoms with van der Waals surface area (Å²) in [5.41, 5.74) is 0.508. The molecular formula is C11H11BrN4O2S. The molecule has 0 spiro atoms. The third-order valence-electron chi connectivity index (χ3n) is 2.41. The van der Waals surface area contributed by atoms with Gasteiger partial charge in [0.25, 0.3) is 0 Å². The van der Waals surface area contributed by atoms with Crippen LogP contribution >= 0.6 is 28.1 Å². The Labute approximate surface area is 122 Å². The van der Waals surface area contributed by atoms with E-state index in [4.69, 9.17) is 17.0 Å². The number of aromatic hydroxyl groups is 1. The number of nitrogens with zero attached hydrogens (tertiary/aromatic N) is 3. The highest BCUT2D eigenvalue weighted by Gasteiger charge is 2.08. The van der Waals surface area contributed by atoms with Crippen molar-refractivity contribution in [1.82, 2.24) is 14.9 Å². The molecule has 0 radical (unpaired) electrons. The zero-order valence-corrected chi connectivity index (χ0v) is 12.6. The Morgan fingerprint density at radius 2 is 2.32 bits per heavy atom. The molecular weight excluding hydrogens is 332 g/mol. The zero-order chi connectivity index (χ0) is 14.0. The number of ether oxygens (including phenoxy) is 1. The molecule has 0 aliphatic heterocycles. The van der Waals surface area contributed by atoms with Crippen LogP contribution in [-0.4, -0.2) is 33.3 Å². The molecule has 1 aromatic carbocycles. The summed E-state index contributed by atoms with van der Waals surface area (Å²) in [6.07, 6.45) is 1.49. The van der Waals surface area contributed by atoms with Crippen molar-refractivity contribution in [2.24, 2.45) is 5.10 Å². The van der Waals surface area contributed by atoms with Gasteiger partial charge < -0.3 is 9.84 Å². The molecule has 19 heavy (non-hydrogen) atoms. The van der Waals surface area contributed by atoms with Crippen molar-refractivity contribution in [2.75, 3.05) is 7.11 Å². The predicted octanol–water partition coefficient (Wildman–Crippen LogP) is 2.61. The van der Waals surface area contributed by atoms with Gasteiger partial charge in [0.05, 0.1) is 13.3 Å². The average molecular weight is 343 g/mol. The van der Waals surface area contributed by atoms with Crippen LogP contribution in [0.15, 0.2) is 21.7 Å². The van der Waals surface area contributed by atoms with Crippen LogP contribution in [0.1, 0.15) is 11.4 Å². The molecule has 6 nitrogen and oxygen atoms in total. The van der Waals surface area contributed by atoms with Crippen LogP contribution in [0, 0.1) is 11.7 Å². The number of H-pyrrole nitrogens is 1. The molecule has 1 heterocycles. The van der Waals surface area contributed by atoms with Crippen LogP contribution in [0.2, 0.25) is 0 Å². The number of benzene rings is 1. The number of aryl methyl sites for hydroxylation is 1. The maximum atomic E-state index is 9.98. The van der Waals surface area contributed by atoms with E-state index in [0.29, 0.717) is 21.9 Å². The standard InChI is InChI=1S/C11H11BrN4O2S/c1-6-14-15-11(19)16(6)13-5-7-3-8(12)4-9(18-2)10(7)17/h3-5,17H,1-2H3,(H,15,19)/b13-5-. The van der Waals surface area contributed by atoms with Gasteiger partial charge in [-0.25, -0.2) is 0 Å². The fourth-order valence-electron chi connectivity index (χ4n) is 1.47. The Kier molecular flexibility index (Phi) is 4.01. The quantitative estimate of drug-likeness (QED) is 0.664. The lowest BCUT2D eigenvalue weighted by Gasteiger charge is -2.06. The van der Waals surface area contributed by atoms with Gasteiger partial charge in [-0.15, -0.1) is 0 Å². The van der Waals surface area contributed by atoms with Crippen LogP contribution in [0.5, 0.6) is 11.5 Å². The molecule has 0 atom stereocenters. The fraction of sp³-hybridized carbons (Fsp3) is 0.182. The van der Waals surface area contributed by atoms with Crippen molar-refractivity contribution in [3.05, 3.63) is 32.8 Å². The van der Waals surface area contributed by atoms with Crippen LogP contribution in [0.3, 0.4) is 0 Å². The van der Waals surface area contributed by atoms with Crippen molar-refractivity contribution in [3.63, 3.8) is 0 Å². The van der Waals surface area contributed by atoms with E-state index in [0.717, 1.165) is 4.47 Å². The molecule has 2 aromatic rings. The Balaban J connectivity index is 2.44. The summed E-state index contributed by atoms with van der Waals surface area (Å²) < 4.78 is 7.68. The first-order valence-corrected chi connectivity index (χ1v) is 6.48. The molecule has 0 unspecified atom stereocenters. The zero-order valence-electron chi connectivity index (χ0n) is 10.2. The van der Waals surface area contributed by atoms with Gasteiger partial charge in [0.15, 0.2) is 11.5 Å². The minimum absolute atomic E-state index is 0.0158. The first-order chi connectivity index (χ1) is 9.02. The van der Waals surface area contributed by atoms with Gasteiger partial charge in [-0.05, 0) is 31.3 Å². The van der Waals surface area contributed by atoms with Gasteiger partial charge in [-0.3, -0.25) is 5.10 Å². The summed E-state index contributed by atoms with van der Waals surface area (Å²) in [4.78, 5) is 0. The van der Waals surface area contributed by atoms with E-state index in [1.807, 2.05) is 0 Å². The number of phenolic OH excluding ortho intramolecular Hbond substituents is 1. The predicted molar refractivity (Wildman–Crippen MR) is 77.5 cm³/mol. The summed E-state index contributed by atoms with van der Waals surface area (Å²) in [6.45, 7) is 1.77. The SMILES string of the molecule is COc1cc(Br)cc(/C=N\n2c(C)n[nH]c2=S)c1O. The van der Waals surface area contributed by atoms with Gasteiger partial charge in [-0.2, -0.15) is 14.9 Å². The summed E-state index contributed by atoms with van der Waals surface area (Å²) in [5, 5.41) is 20.7. The minimum atomic E-state index is 0.0158. The van der Waals surface area contributed by atoms with Crippen LogP contribution in [-0.2, 0) is 0 Å². The average Bonchev–Trinajstić information content (AvgIpc) is 2.70.